The van der Waals surface area contributed by atoms with Gasteiger partial charge in [0, 0.05) is 37.4 Å². The van der Waals surface area contributed by atoms with E-state index in [1.165, 1.54) is 0 Å². The molecule has 5 nitrogen and oxygen atoms in total. The maximum absolute atomic E-state index is 13.1. The number of ether oxygens (including phenoxy) is 1. The van der Waals surface area contributed by atoms with Gasteiger partial charge in [-0.3, -0.25) is 4.79 Å². The first-order chi connectivity index (χ1) is 12.6. The number of β-amino-alcohol motifs (C(OH)–C–C–N with tert-alkyl or cyclic N) is 1. The average Bonchev–Trinajstić information content (AvgIpc) is 2.72. The van der Waals surface area contributed by atoms with Gasteiger partial charge in [-0.25, -0.2) is 0 Å². The summed E-state index contributed by atoms with van der Waals surface area (Å²) < 4.78 is 5.61. The second-order valence-corrected chi connectivity index (χ2v) is 6.65. The van der Waals surface area contributed by atoms with Gasteiger partial charge in [0.05, 0.1) is 19.6 Å². The van der Waals surface area contributed by atoms with Crippen molar-refractivity contribution in [3.05, 3.63) is 30.3 Å². The highest BCUT2D eigenvalue weighted by atomic mass is 16.5. The van der Waals surface area contributed by atoms with Crippen LogP contribution >= 0.6 is 0 Å². The van der Waals surface area contributed by atoms with E-state index in [9.17, 15) is 9.90 Å². The quantitative estimate of drug-likeness (QED) is 0.847. The highest BCUT2D eigenvalue weighted by Crippen LogP contribution is 2.41. The molecule has 1 aromatic carbocycles. The number of amides is 1. The molecule has 0 aromatic heterocycles. The van der Waals surface area contributed by atoms with Crippen LogP contribution in [-0.2, 0) is 4.79 Å². The van der Waals surface area contributed by atoms with E-state index in [1.54, 1.807) is 7.11 Å². The predicted molar refractivity (Wildman–Crippen MR) is 107 cm³/mol. The normalized spacial score (nSPS) is 17.8. The third-order valence-corrected chi connectivity index (χ3v) is 5.22. The van der Waals surface area contributed by atoms with E-state index in [0.29, 0.717) is 19.6 Å². The van der Waals surface area contributed by atoms with Crippen molar-refractivity contribution in [1.82, 2.24) is 4.90 Å². The van der Waals surface area contributed by atoms with Gasteiger partial charge in [0.25, 0.3) is 0 Å². The van der Waals surface area contributed by atoms with Crippen molar-refractivity contribution in [3.8, 4) is 5.75 Å². The minimum absolute atomic E-state index is 0.0882. The summed E-state index contributed by atoms with van der Waals surface area (Å²) in [5, 5.41) is 9.49. The molecule has 144 valence electrons. The lowest BCUT2D eigenvalue weighted by Gasteiger charge is -2.29. The van der Waals surface area contributed by atoms with E-state index in [2.05, 4.69) is 11.5 Å². The Morgan fingerprint density at radius 3 is 2.69 bits per heavy atom. The fourth-order valence-electron chi connectivity index (χ4n) is 3.78. The summed E-state index contributed by atoms with van der Waals surface area (Å²) in [5.41, 5.74) is 2.71. The fourth-order valence-corrected chi connectivity index (χ4v) is 3.78. The summed E-state index contributed by atoms with van der Waals surface area (Å²) in [6, 6.07) is 5.90. The molecule has 0 fully saturated rings. The lowest BCUT2D eigenvalue weighted by molar-refractivity contribution is -0.133. The van der Waals surface area contributed by atoms with Gasteiger partial charge >= 0.3 is 0 Å². The topological polar surface area (TPSA) is 53.0 Å². The van der Waals surface area contributed by atoms with Crippen molar-refractivity contribution in [2.45, 2.75) is 33.1 Å². The Morgan fingerprint density at radius 2 is 2.08 bits per heavy atom. The zero-order valence-corrected chi connectivity index (χ0v) is 16.3. The zero-order chi connectivity index (χ0) is 19.1. The second-order valence-electron chi connectivity index (χ2n) is 6.65. The first-order valence-electron chi connectivity index (χ1n) is 9.59. The SMILES string of the molecule is C=C1c2c(OC)cccc2N(CCO)CCCCC1C(=O)N(CC)CC. The highest BCUT2D eigenvalue weighted by Gasteiger charge is 2.30. The number of anilines is 1. The maximum atomic E-state index is 13.1. The molecule has 0 bridgehead atoms. The molecule has 1 atom stereocenters. The molecule has 1 unspecified atom stereocenters. The number of methoxy groups -OCH3 is 1. The van der Waals surface area contributed by atoms with Crippen LogP contribution in [0.4, 0.5) is 5.69 Å². The van der Waals surface area contributed by atoms with E-state index < -0.39 is 0 Å². The van der Waals surface area contributed by atoms with Crippen molar-refractivity contribution in [3.63, 3.8) is 0 Å². The zero-order valence-electron chi connectivity index (χ0n) is 16.3. The summed E-state index contributed by atoms with van der Waals surface area (Å²) in [4.78, 5) is 17.2. The summed E-state index contributed by atoms with van der Waals surface area (Å²) in [5.74, 6) is 0.640. The van der Waals surface area contributed by atoms with Crippen molar-refractivity contribution in [2.75, 3.05) is 44.8 Å². The molecule has 1 aliphatic rings. The Labute approximate surface area is 157 Å². The maximum Gasteiger partial charge on any atom is 0.230 e. The van der Waals surface area contributed by atoms with Crippen LogP contribution in [0.3, 0.4) is 0 Å². The molecule has 0 spiro atoms. The molecule has 0 aliphatic carbocycles. The molecule has 26 heavy (non-hydrogen) atoms. The van der Waals surface area contributed by atoms with Crippen LogP contribution in [0, 0.1) is 5.92 Å². The number of aliphatic hydroxyl groups excluding tert-OH is 1. The van der Waals surface area contributed by atoms with Gasteiger partial charge in [-0.05, 0) is 44.4 Å². The molecule has 0 saturated heterocycles. The van der Waals surface area contributed by atoms with Crippen LogP contribution in [-0.4, -0.2) is 55.8 Å². The van der Waals surface area contributed by atoms with Gasteiger partial charge in [-0.1, -0.05) is 19.1 Å². The Bertz CT molecular complexity index is 626. The number of benzene rings is 1. The number of aliphatic hydroxyl groups is 1. The molecule has 2 rings (SSSR count). The molecular formula is C21H32N2O3. The lowest BCUT2D eigenvalue weighted by atomic mass is 9.87. The average molecular weight is 360 g/mol. The molecule has 5 heteroatoms. The lowest BCUT2D eigenvalue weighted by Crippen LogP contribution is -2.36. The van der Waals surface area contributed by atoms with Gasteiger partial charge in [-0.15, -0.1) is 0 Å². The van der Waals surface area contributed by atoms with Crippen LogP contribution in [0.15, 0.2) is 24.8 Å². The van der Waals surface area contributed by atoms with E-state index in [-0.39, 0.29) is 18.4 Å². The van der Waals surface area contributed by atoms with Crippen LogP contribution in [0.2, 0.25) is 0 Å². The molecule has 1 aliphatic heterocycles. The predicted octanol–water partition coefficient (Wildman–Crippen LogP) is 3.18. The largest absolute Gasteiger partial charge is 0.496 e. The van der Waals surface area contributed by atoms with Gasteiger partial charge in [0.1, 0.15) is 5.75 Å². The molecule has 1 N–H and O–H groups in total. The summed E-state index contributed by atoms with van der Waals surface area (Å²) in [6.07, 6.45) is 2.72. The molecule has 0 saturated carbocycles. The minimum atomic E-state index is -0.237. The molecular weight excluding hydrogens is 328 g/mol. The minimum Gasteiger partial charge on any atom is -0.496 e. The number of nitrogens with zero attached hydrogens (tertiary/aromatic N) is 2. The summed E-state index contributed by atoms with van der Waals surface area (Å²) in [6.45, 7) is 11.3. The number of fused-ring (bicyclic) bond motifs is 1. The molecule has 1 aromatic rings. The Kier molecular flexibility index (Phi) is 7.51. The standard InChI is InChI=1S/C21H32N2O3/c1-5-22(6-2)21(25)17-10-7-8-13-23(14-15-24)18-11-9-12-19(26-4)20(18)16(17)3/h9,11-12,17,24H,3,5-8,10,13-15H2,1-2,4H3. The summed E-state index contributed by atoms with van der Waals surface area (Å²) in [7, 11) is 1.65. The van der Waals surface area contributed by atoms with Crippen LogP contribution in [0.5, 0.6) is 5.75 Å². The van der Waals surface area contributed by atoms with E-state index in [4.69, 9.17) is 4.74 Å². The van der Waals surface area contributed by atoms with Crippen LogP contribution in [0.25, 0.3) is 5.57 Å². The van der Waals surface area contributed by atoms with Crippen molar-refractivity contribution in [2.24, 2.45) is 5.92 Å². The molecule has 1 heterocycles. The monoisotopic (exact) mass is 360 g/mol. The van der Waals surface area contributed by atoms with Crippen molar-refractivity contribution < 1.29 is 14.6 Å². The van der Waals surface area contributed by atoms with Gasteiger partial charge in [-0.2, -0.15) is 0 Å². The third kappa shape index (κ3) is 4.21. The van der Waals surface area contributed by atoms with Crippen LogP contribution < -0.4 is 9.64 Å². The van der Waals surface area contributed by atoms with Gasteiger partial charge in [0.2, 0.25) is 5.91 Å². The first-order valence-corrected chi connectivity index (χ1v) is 9.59. The van der Waals surface area contributed by atoms with Crippen molar-refractivity contribution in [1.29, 1.82) is 0 Å². The Morgan fingerprint density at radius 1 is 1.35 bits per heavy atom. The van der Waals surface area contributed by atoms with E-state index in [0.717, 1.165) is 48.4 Å². The number of carbonyl (C=O) groups is 1. The second kappa shape index (κ2) is 9.62. The Hall–Kier alpha value is -2.01. The fraction of sp³-hybridized carbons (Fsp3) is 0.571. The van der Waals surface area contributed by atoms with Gasteiger partial charge < -0.3 is 19.6 Å². The molecule has 0 radical (unpaired) electrons. The van der Waals surface area contributed by atoms with Crippen molar-refractivity contribution >= 4 is 17.2 Å². The number of rotatable bonds is 6. The van der Waals surface area contributed by atoms with Gasteiger partial charge in [0.15, 0.2) is 0 Å². The number of carbonyl (C=O) groups excluding carboxylic acids is 1. The first kappa shape index (κ1) is 20.3. The van der Waals surface area contributed by atoms with Crippen LogP contribution in [0.1, 0.15) is 38.7 Å². The Balaban J connectivity index is 2.53. The smallest absolute Gasteiger partial charge is 0.230 e. The highest BCUT2D eigenvalue weighted by molar-refractivity contribution is 5.95. The van der Waals surface area contributed by atoms with E-state index in [1.807, 2.05) is 36.9 Å². The molecule has 1 amide bonds. The van der Waals surface area contributed by atoms with E-state index >= 15 is 0 Å². The third-order valence-electron chi connectivity index (χ3n) is 5.22. The summed E-state index contributed by atoms with van der Waals surface area (Å²) >= 11 is 0. The number of hydrogen-bond acceptors (Lipinski definition) is 4. The number of hydrogen-bond donors (Lipinski definition) is 1.